The fraction of sp³-hybridized carbons (Fsp3) is 0.438. The van der Waals surface area contributed by atoms with Crippen molar-refractivity contribution in [2.24, 2.45) is 0 Å². The van der Waals surface area contributed by atoms with Crippen LogP contribution in [0.5, 0.6) is 5.75 Å². The van der Waals surface area contributed by atoms with E-state index >= 15 is 0 Å². The molecule has 0 aliphatic carbocycles. The number of hydrogen-bond donors (Lipinski definition) is 1. The molecule has 1 N–H and O–H groups in total. The number of benzene rings is 1. The fourth-order valence-electron chi connectivity index (χ4n) is 2.22. The largest absolute Gasteiger partial charge is 0.493 e. The lowest BCUT2D eigenvalue weighted by Crippen LogP contribution is -2.36. The van der Waals surface area contributed by atoms with Crippen molar-refractivity contribution >= 4 is 16.9 Å². The Morgan fingerprint density at radius 2 is 2.14 bits per heavy atom. The van der Waals surface area contributed by atoms with Gasteiger partial charge in [0, 0.05) is 5.39 Å². The smallest absolute Gasteiger partial charge is 0.322 e. The Labute approximate surface area is 124 Å². The number of carbonyl (C=O) groups is 1. The molecule has 2 rings (SSSR count). The quantitative estimate of drug-likeness (QED) is 0.829. The summed E-state index contributed by atoms with van der Waals surface area (Å²) in [6, 6.07) is 7.19. The highest BCUT2D eigenvalue weighted by Crippen LogP contribution is 2.30. The number of nitrogens with one attached hydrogen (secondary N) is 1. The summed E-state index contributed by atoms with van der Waals surface area (Å²) in [4.78, 5) is 11.6. The Balaban J connectivity index is 2.16. The van der Waals surface area contributed by atoms with E-state index in [0.29, 0.717) is 17.9 Å². The molecular weight excluding hydrogens is 270 g/mol. The summed E-state index contributed by atoms with van der Waals surface area (Å²) in [5.74, 6) is 1.19. The Morgan fingerprint density at radius 3 is 2.81 bits per heavy atom. The van der Waals surface area contributed by atoms with E-state index in [-0.39, 0.29) is 12.0 Å². The molecular formula is C16H21NO4. The summed E-state index contributed by atoms with van der Waals surface area (Å²) in [6.07, 6.45) is 0. The first-order valence-corrected chi connectivity index (χ1v) is 7.06. The molecule has 0 amide bonds. The lowest BCUT2D eigenvalue weighted by Gasteiger charge is -2.16. The van der Waals surface area contributed by atoms with Crippen molar-refractivity contribution in [1.29, 1.82) is 0 Å². The van der Waals surface area contributed by atoms with Crippen molar-refractivity contribution in [3.8, 4) is 5.75 Å². The number of ether oxygens (including phenoxy) is 2. The van der Waals surface area contributed by atoms with Crippen LogP contribution < -0.4 is 10.1 Å². The van der Waals surface area contributed by atoms with Crippen LogP contribution in [-0.2, 0) is 9.53 Å². The van der Waals surface area contributed by atoms with Crippen molar-refractivity contribution < 1.29 is 18.7 Å². The molecule has 114 valence electrons. The monoisotopic (exact) mass is 291 g/mol. The number of para-hydroxylation sites is 1. The first-order valence-electron chi connectivity index (χ1n) is 7.06. The molecule has 1 aromatic carbocycles. The lowest BCUT2D eigenvalue weighted by molar-refractivity contribution is -0.145. The summed E-state index contributed by atoms with van der Waals surface area (Å²) in [6.45, 7) is 5.89. The van der Waals surface area contributed by atoms with Gasteiger partial charge in [0.25, 0.3) is 0 Å². The fourth-order valence-corrected chi connectivity index (χ4v) is 2.22. The zero-order chi connectivity index (χ0) is 15.4. The Hall–Kier alpha value is -2.01. The van der Waals surface area contributed by atoms with Gasteiger partial charge in [0.2, 0.25) is 0 Å². The standard InChI is InChI=1S/C16H21NO4/c1-5-20-16(18)11(3)17-10(2)14-9-12-7-6-8-13(19-4)15(12)21-14/h6-11,17H,5H2,1-4H3. The number of hydrogen-bond acceptors (Lipinski definition) is 5. The summed E-state index contributed by atoms with van der Waals surface area (Å²) in [5, 5.41) is 4.14. The zero-order valence-electron chi connectivity index (χ0n) is 12.8. The summed E-state index contributed by atoms with van der Waals surface area (Å²) in [7, 11) is 1.61. The maximum absolute atomic E-state index is 11.6. The normalized spacial score (nSPS) is 13.9. The van der Waals surface area contributed by atoms with Crippen LogP contribution in [0, 0.1) is 0 Å². The summed E-state index contributed by atoms with van der Waals surface area (Å²) < 4.78 is 16.1. The minimum atomic E-state index is -0.393. The van der Waals surface area contributed by atoms with Crippen LogP contribution in [0.4, 0.5) is 0 Å². The van der Waals surface area contributed by atoms with Gasteiger partial charge in [-0.05, 0) is 32.9 Å². The van der Waals surface area contributed by atoms with Crippen LogP contribution in [0.25, 0.3) is 11.0 Å². The maximum atomic E-state index is 11.6. The Kier molecular flexibility index (Phi) is 4.85. The predicted molar refractivity (Wildman–Crippen MR) is 80.4 cm³/mol. The van der Waals surface area contributed by atoms with Gasteiger partial charge in [0.05, 0.1) is 19.8 Å². The third-order valence-electron chi connectivity index (χ3n) is 3.31. The molecule has 21 heavy (non-hydrogen) atoms. The molecule has 1 aromatic heterocycles. The van der Waals surface area contributed by atoms with Crippen molar-refractivity contribution in [2.45, 2.75) is 32.9 Å². The van der Waals surface area contributed by atoms with Gasteiger partial charge in [-0.3, -0.25) is 10.1 Å². The van der Waals surface area contributed by atoms with Gasteiger partial charge in [0.15, 0.2) is 11.3 Å². The van der Waals surface area contributed by atoms with Crippen LogP contribution >= 0.6 is 0 Å². The zero-order valence-corrected chi connectivity index (χ0v) is 12.8. The Bertz CT molecular complexity index is 620. The highest BCUT2D eigenvalue weighted by atomic mass is 16.5. The van der Waals surface area contributed by atoms with Crippen LogP contribution in [0.3, 0.4) is 0 Å². The number of esters is 1. The summed E-state index contributed by atoms with van der Waals surface area (Å²) in [5.41, 5.74) is 0.715. The van der Waals surface area contributed by atoms with Gasteiger partial charge in [-0.25, -0.2) is 0 Å². The topological polar surface area (TPSA) is 60.7 Å². The maximum Gasteiger partial charge on any atom is 0.322 e. The van der Waals surface area contributed by atoms with Gasteiger partial charge in [-0.1, -0.05) is 12.1 Å². The average molecular weight is 291 g/mol. The second-order valence-electron chi connectivity index (χ2n) is 4.89. The van der Waals surface area contributed by atoms with E-state index < -0.39 is 6.04 Å². The van der Waals surface area contributed by atoms with Crippen molar-refractivity contribution in [2.75, 3.05) is 13.7 Å². The van der Waals surface area contributed by atoms with Crippen LogP contribution in [0.2, 0.25) is 0 Å². The number of furan rings is 1. The highest BCUT2D eigenvalue weighted by Gasteiger charge is 2.20. The number of rotatable bonds is 6. The highest BCUT2D eigenvalue weighted by molar-refractivity contribution is 5.83. The molecule has 0 aliphatic heterocycles. The molecule has 0 spiro atoms. The molecule has 0 saturated carbocycles. The van der Waals surface area contributed by atoms with Gasteiger partial charge < -0.3 is 13.9 Å². The van der Waals surface area contributed by atoms with Crippen molar-refractivity contribution in [3.63, 3.8) is 0 Å². The van der Waals surface area contributed by atoms with Crippen molar-refractivity contribution in [1.82, 2.24) is 5.32 Å². The number of fused-ring (bicyclic) bond motifs is 1. The molecule has 0 fully saturated rings. The second-order valence-corrected chi connectivity index (χ2v) is 4.89. The minimum absolute atomic E-state index is 0.110. The van der Waals surface area contributed by atoms with Crippen LogP contribution in [-0.4, -0.2) is 25.7 Å². The third-order valence-corrected chi connectivity index (χ3v) is 3.31. The number of carbonyl (C=O) groups excluding carboxylic acids is 1. The molecule has 0 radical (unpaired) electrons. The van der Waals surface area contributed by atoms with Gasteiger partial charge in [-0.2, -0.15) is 0 Å². The molecule has 0 aliphatic rings. The molecule has 5 heteroatoms. The first-order chi connectivity index (χ1) is 10.1. The van der Waals surface area contributed by atoms with E-state index in [4.69, 9.17) is 13.9 Å². The average Bonchev–Trinajstić information content (AvgIpc) is 2.91. The SMILES string of the molecule is CCOC(=O)C(C)NC(C)c1cc2cccc(OC)c2o1. The van der Waals surface area contributed by atoms with Crippen LogP contribution in [0.15, 0.2) is 28.7 Å². The van der Waals surface area contributed by atoms with Crippen molar-refractivity contribution in [3.05, 3.63) is 30.0 Å². The third kappa shape index (κ3) is 3.36. The Morgan fingerprint density at radius 1 is 1.38 bits per heavy atom. The van der Waals surface area contributed by atoms with E-state index in [1.54, 1.807) is 21.0 Å². The van der Waals surface area contributed by atoms with E-state index in [9.17, 15) is 4.79 Å². The van der Waals surface area contributed by atoms with E-state index in [2.05, 4.69) is 5.32 Å². The second kappa shape index (κ2) is 6.63. The lowest BCUT2D eigenvalue weighted by atomic mass is 10.2. The molecule has 2 unspecified atom stereocenters. The molecule has 2 aromatic rings. The van der Waals surface area contributed by atoms with Gasteiger partial charge in [-0.15, -0.1) is 0 Å². The van der Waals surface area contributed by atoms with E-state index in [0.717, 1.165) is 11.1 Å². The molecule has 5 nitrogen and oxygen atoms in total. The first kappa shape index (κ1) is 15.4. The van der Waals surface area contributed by atoms with Gasteiger partial charge in [0.1, 0.15) is 11.8 Å². The van der Waals surface area contributed by atoms with E-state index in [1.807, 2.05) is 31.2 Å². The van der Waals surface area contributed by atoms with E-state index in [1.165, 1.54) is 0 Å². The minimum Gasteiger partial charge on any atom is -0.493 e. The molecule has 0 bridgehead atoms. The van der Waals surface area contributed by atoms with Crippen LogP contribution in [0.1, 0.15) is 32.6 Å². The van der Waals surface area contributed by atoms with Gasteiger partial charge >= 0.3 is 5.97 Å². The molecule has 1 heterocycles. The molecule has 0 saturated heterocycles. The number of methoxy groups -OCH3 is 1. The predicted octanol–water partition coefficient (Wildman–Crippen LogP) is 3.04. The molecule has 2 atom stereocenters. The summed E-state index contributed by atoms with van der Waals surface area (Å²) >= 11 is 0.